The van der Waals surface area contributed by atoms with Gasteiger partial charge in [0.05, 0.1) is 11.3 Å². The first-order valence-electron chi connectivity index (χ1n) is 5.40. The largest absolute Gasteiger partial charge is 0.478 e. The van der Waals surface area contributed by atoms with E-state index >= 15 is 0 Å². The Bertz CT molecular complexity index is 448. The van der Waals surface area contributed by atoms with Crippen LogP contribution in [0.25, 0.3) is 0 Å². The van der Waals surface area contributed by atoms with Gasteiger partial charge in [0.15, 0.2) is 0 Å². The number of rotatable bonds is 7. The van der Waals surface area contributed by atoms with Crippen molar-refractivity contribution in [3.63, 3.8) is 0 Å². The average molecular weight is 274 g/mol. The maximum atomic E-state index is 13.4. The lowest BCUT2D eigenvalue weighted by Crippen LogP contribution is -2.06. The summed E-state index contributed by atoms with van der Waals surface area (Å²) in [5.74, 6) is -1.22. The molecule has 0 aliphatic heterocycles. The fourth-order valence-corrected chi connectivity index (χ4v) is 2.58. The van der Waals surface area contributed by atoms with E-state index in [4.69, 9.17) is 9.84 Å². The van der Waals surface area contributed by atoms with E-state index in [-0.39, 0.29) is 16.9 Å². The van der Waals surface area contributed by atoms with Crippen LogP contribution in [0.2, 0.25) is 0 Å². The van der Waals surface area contributed by atoms with E-state index in [1.165, 1.54) is 12.1 Å². The third-order valence-corrected chi connectivity index (χ3v) is 3.71. The predicted molar refractivity (Wildman–Crippen MR) is 66.6 cm³/mol. The van der Waals surface area contributed by atoms with Gasteiger partial charge in [-0.15, -0.1) is 0 Å². The van der Waals surface area contributed by atoms with Gasteiger partial charge in [-0.2, -0.15) is 0 Å². The molecule has 0 bridgehead atoms. The maximum absolute atomic E-state index is 13.4. The zero-order valence-corrected chi connectivity index (χ0v) is 10.8. The monoisotopic (exact) mass is 274 g/mol. The van der Waals surface area contributed by atoms with Gasteiger partial charge >= 0.3 is 5.97 Å². The smallest absolute Gasteiger partial charge is 0.335 e. The molecule has 4 nitrogen and oxygen atoms in total. The molecule has 6 heteroatoms. The lowest BCUT2D eigenvalue weighted by Gasteiger charge is -2.05. The Morgan fingerprint density at radius 3 is 2.83 bits per heavy atom. The highest BCUT2D eigenvalue weighted by atomic mass is 32.2. The molecule has 0 amide bonds. The van der Waals surface area contributed by atoms with Crippen molar-refractivity contribution in [3.05, 3.63) is 35.1 Å². The van der Waals surface area contributed by atoms with Crippen molar-refractivity contribution in [3.8, 4) is 0 Å². The highest BCUT2D eigenvalue weighted by molar-refractivity contribution is 7.84. The lowest BCUT2D eigenvalue weighted by atomic mass is 10.1. The number of benzene rings is 1. The Morgan fingerprint density at radius 2 is 2.22 bits per heavy atom. The SMILES string of the molecule is COCCCS(=O)Cc1cc(C(=O)O)ccc1F. The lowest BCUT2D eigenvalue weighted by molar-refractivity contribution is 0.0696. The minimum absolute atomic E-state index is 0.000270. The van der Waals surface area contributed by atoms with Gasteiger partial charge in [-0.25, -0.2) is 9.18 Å². The molecule has 0 aromatic heterocycles. The van der Waals surface area contributed by atoms with Crippen LogP contribution in [0.4, 0.5) is 4.39 Å². The molecule has 0 radical (unpaired) electrons. The van der Waals surface area contributed by atoms with Gasteiger partial charge in [0.25, 0.3) is 0 Å². The van der Waals surface area contributed by atoms with Crippen molar-refractivity contribution < 1.29 is 23.2 Å². The molecule has 1 unspecified atom stereocenters. The summed E-state index contributed by atoms with van der Waals surface area (Å²) < 4.78 is 29.9. The second-order valence-electron chi connectivity index (χ2n) is 3.75. The molecule has 1 N–H and O–H groups in total. The zero-order chi connectivity index (χ0) is 13.5. The van der Waals surface area contributed by atoms with Gasteiger partial charge in [0.1, 0.15) is 5.82 Å². The molecule has 1 atom stereocenters. The van der Waals surface area contributed by atoms with E-state index in [1.54, 1.807) is 7.11 Å². The minimum atomic E-state index is -1.22. The predicted octanol–water partition coefficient (Wildman–Crippen LogP) is 1.81. The summed E-state index contributed by atoms with van der Waals surface area (Å²) in [7, 11) is 0.337. The third kappa shape index (κ3) is 4.54. The zero-order valence-electron chi connectivity index (χ0n) is 10.0. The normalized spacial score (nSPS) is 12.3. The van der Waals surface area contributed by atoms with Crippen LogP contribution < -0.4 is 0 Å². The molecule has 0 aliphatic rings. The van der Waals surface area contributed by atoms with Crippen molar-refractivity contribution in [1.29, 1.82) is 0 Å². The minimum Gasteiger partial charge on any atom is -0.478 e. The first-order chi connectivity index (χ1) is 8.54. The average Bonchev–Trinajstić information content (AvgIpc) is 2.32. The van der Waals surface area contributed by atoms with Crippen LogP contribution in [0.3, 0.4) is 0 Å². The van der Waals surface area contributed by atoms with Crippen molar-refractivity contribution >= 4 is 16.8 Å². The molecule has 0 saturated heterocycles. The van der Waals surface area contributed by atoms with E-state index in [0.29, 0.717) is 18.8 Å². The summed E-state index contributed by atoms with van der Waals surface area (Å²) in [4.78, 5) is 10.7. The van der Waals surface area contributed by atoms with Crippen molar-refractivity contribution in [1.82, 2.24) is 0 Å². The fraction of sp³-hybridized carbons (Fsp3) is 0.417. The van der Waals surface area contributed by atoms with Crippen molar-refractivity contribution in [2.45, 2.75) is 12.2 Å². The van der Waals surface area contributed by atoms with E-state index in [2.05, 4.69) is 0 Å². The van der Waals surface area contributed by atoms with Crippen LogP contribution in [-0.4, -0.2) is 34.8 Å². The first kappa shape index (κ1) is 14.8. The molecule has 100 valence electrons. The summed E-state index contributed by atoms with van der Waals surface area (Å²) in [6.07, 6.45) is 0.628. The molecule has 0 saturated carbocycles. The van der Waals surface area contributed by atoms with E-state index in [1.807, 2.05) is 0 Å². The Labute approximate surface area is 107 Å². The molecule has 1 rings (SSSR count). The number of hydrogen-bond donors (Lipinski definition) is 1. The molecule has 0 heterocycles. The van der Waals surface area contributed by atoms with Gasteiger partial charge < -0.3 is 9.84 Å². The van der Waals surface area contributed by atoms with Crippen LogP contribution in [0, 0.1) is 5.82 Å². The second-order valence-corrected chi connectivity index (χ2v) is 5.32. The molecule has 0 fully saturated rings. The number of ether oxygens (including phenoxy) is 1. The summed E-state index contributed by atoms with van der Waals surface area (Å²) in [5.41, 5.74) is 0.172. The van der Waals surface area contributed by atoms with E-state index in [0.717, 1.165) is 6.07 Å². The Balaban J connectivity index is 2.68. The number of methoxy groups -OCH3 is 1. The van der Waals surface area contributed by atoms with Crippen LogP contribution in [0.15, 0.2) is 18.2 Å². The van der Waals surface area contributed by atoms with Gasteiger partial charge in [0, 0.05) is 35.8 Å². The topological polar surface area (TPSA) is 63.6 Å². The molecular weight excluding hydrogens is 259 g/mol. The second kappa shape index (κ2) is 7.23. The first-order valence-corrected chi connectivity index (χ1v) is 6.89. The molecule has 1 aromatic carbocycles. The van der Waals surface area contributed by atoms with E-state index in [9.17, 15) is 13.4 Å². The third-order valence-electron chi connectivity index (χ3n) is 2.33. The Hall–Kier alpha value is -1.27. The molecule has 0 aliphatic carbocycles. The highest BCUT2D eigenvalue weighted by Crippen LogP contribution is 2.13. The van der Waals surface area contributed by atoms with Crippen LogP contribution in [-0.2, 0) is 21.3 Å². The quantitative estimate of drug-likeness (QED) is 0.770. The molecule has 1 aromatic rings. The Kier molecular flexibility index (Phi) is 5.94. The standard InChI is InChI=1S/C12H15FO4S/c1-17-5-2-6-18(16)8-10-7-9(12(14)15)3-4-11(10)13/h3-4,7H,2,5-6,8H2,1H3,(H,14,15). The van der Waals surface area contributed by atoms with Gasteiger partial charge in [-0.3, -0.25) is 4.21 Å². The number of carboxylic acids is 1. The number of halogens is 1. The van der Waals surface area contributed by atoms with Crippen molar-refractivity contribution in [2.24, 2.45) is 0 Å². The number of aromatic carboxylic acids is 1. The summed E-state index contributed by atoms with van der Waals surface area (Å²) in [6, 6.07) is 3.51. The Morgan fingerprint density at radius 1 is 1.50 bits per heavy atom. The highest BCUT2D eigenvalue weighted by Gasteiger charge is 2.11. The number of hydrogen-bond acceptors (Lipinski definition) is 3. The van der Waals surface area contributed by atoms with Crippen LogP contribution in [0.1, 0.15) is 22.3 Å². The van der Waals surface area contributed by atoms with Crippen LogP contribution >= 0.6 is 0 Å². The van der Waals surface area contributed by atoms with Gasteiger partial charge in [-0.05, 0) is 24.6 Å². The van der Waals surface area contributed by atoms with E-state index < -0.39 is 22.6 Å². The van der Waals surface area contributed by atoms with Crippen LogP contribution in [0.5, 0.6) is 0 Å². The number of carboxylic acid groups (broad SMARTS) is 1. The van der Waals surface area contributed by atoms with Gasteiger partial charge in [0.2, 0.25) is 0 Å². The summed E-state index contributed by atoms with van der Waals surface area (Å²) >= 11 is 0. The fourth-order valence-electron chi connectivity index (χ4n) is 1.43. The molecule has 0 spiro atoms. The van der Waals surface area contributed by atoms with Crippen molar-refractivity contribution in [2.75, 3.05) is 19.5 Å². The maximum Gasteiger partial charge on any atom is 0.335 e. The number of carbonyl (C=O) groups is 1. The van der Waals surface area contributed by atoms with Gasteiger partial charge in [-0.1, -0.05) is 0 Å². The molecular formula is C12H15FO4S. The molecule has 18 heavy (non-hydrogen) atoms. The summed E-state index contributed by atoms with van der Waals surface area (Å²) in [5, 5.41) is 8.79. The summed E-state index contributed by atoms with van der Waals surface area (Å²) in [6.45, 7) is 0.503.